The van der Waals surface area contributed by atoms with Gasteiger partial charge in [0.1, 0.15) is 18.8 Å². The van der Waals surface area contributed by atoms with E-state index in [1.165, 1.54) is 0 Å². The highest BCUT2D eigenvalue weighted by molar-refractivity contribution is 5.77. The molecule has 0 bridgehead atoms. The quantitative estimate of drug-likeness (QED) is 0.916. The molecule has 2 rings (SSSR count). The molecule has 1 aliphatic heterocycles. The molecule has 1 aromatic carbocycles. The molecular formula is C15H21NO4. The lowest BCUT2D eigenvalue weighted by Gasteiger charge is -2.36. The Hall–Kier alpha value is -1.75. The third kappa shape index (κ3) is 2.58. The highest BCUT2D eigenvalue weighted by Gasteiger charge is 2.35. The predicted molar refractivity (Wildman–Crippen MR) is 75.3 cm³/mol. The molecule has 110 valence electrons. The molecule has 1 aromatic rings. The number of ether oxygens (including phenoxy) is 2. The summed E-state index contributed by atoms with van der Waals surface area (Å²) in [5.41, 5.74) is 0.0678. The van der Waals surface area contributed by atoms with Crippen LogP contribution in [0.3, 0.4) is 0 Å². The average Bonchev–Trinajstić information content (AvgIpc) is 2.44. The standard InChI is InChI=1S/C15H21NO4/c1-10(16(4)15(2,3)14(17)18)11-5-6-12-13(9-11)20-8-7-19-12/h5-6,9-10H,7-8H2,1-4H3,(H,17,18). The van der Waals surface area contributed by atoms with Crippen molar-refractivity contribution in [2.24, 2.45) is 0 Å². The smallest absolute Gasteiger partial charge is 0.323 e. The molecule has 1 heterocycles. The van der Waals surface area contributed by atoms with Gasteiger partial charge in [0, 0.05) is 6.04 Å². The molecule has 0 amide bonds. The molecular weight excluding hydrogens is 258 g/mol. The number of fused-ring (bicyclic) bond motifs is 1. The number of rotatable bonds is 4. The van der Waals surface area contributed by atoms with Gasteiger partial charge in [0.2, 0.25) is 0 Å². The van der Waals surface area contributed by atoms with Gasteiger partial charge in [-0.15, -0.1) is 0 Å². The molecule has 0 aliphatic carbocycles. The second-order valence-electron chi connectivity index (χ2n) is 5.55. The maximum Gasteiger partial charge on any atom is 0.323 e. The van der Waals surface area contributed by atoms with Crippen LogP contribution >= 0.6 is 0 Å². The summed E-state index contributed by atoms with van der Waals surface area (Å²) in [7, 11) is 1.82. The maximum absolute atomic E-state index is 11.3. The molecule has 0 aromatic heterocycles. The molecule has 1 unspecified atom stereocenters. The van der Waals surface area contributed by atoms with Crippen LogP contribution < -0.4 is 9.47 Å². The zero-order valence-electron chi connectivity index (χ0n) is 12.3. The van der Waals surface area contributed by atoms with Gasteiger partial charge in [0.25, 0.3) is 0 Å². The Labute approximate surface area is 119 Å². The van der Waals surface area contributed by atoms with Crippen molar-refractivity contribution in [2.45, 2.75) is 32.4 Å². The van der Waals surface area contributed by atoms with Crippen LogP contribution in [0.25, 0.3) is 0 Å². The van der Waals surface area contributed by atoms with Crippen LogP contribution in [0.2, 0.25) is 0 Å². The van der Waals surface area contributed by atoms with Crippen LogP contribution in [0.15, 0.2) is 18.2 Å². The van der Waals surface area contributed by atoms with E-state index in [1.54, 1.807) is 13.8 Å². The Morgan fingerprint density at radius 2 is 1.90 bits per heavy atom. The van der Waals surface area contributed by atoms with Gasteiger partial charge in [0.05, 0.1) is 0 Å². The van der Waals surface area contributed by atoms with Crippen molar-refractivity contribution in [1.29, 1.82) is 0 Å². The summed E-state index contributed by atoms with van der Waals surface area (Å²) < 4.78 is 11.1. The number of carbonyl (C=O) groups is 1. The van der Waals surface area contributed by atoms with Gasteiger partial charge in [-0.05, 0) is 45.5 Å². The van der Waals surface area contributed by atoms with Crippen molar-refractivity contribution in [1.82, 2.24) is 4.90 Å². The minimum absolute atomic E-state index is 0.0445. The lowest BCUT2D eigenvalue weighted by atomic mass is 9.98. The normalized spacial score (nSPS) is 16.1. The van der Waals surface area contributed by atoms with Crippen molar-refractivity contribution < 1.29 is 19.4 Å². The van der Waals surface area contributed by atoms with E-state index in [-0.39, 0.29) is 6.04 Å². The molecule has 0 spiro atoms. The Morgan fingerprint density at radius 3 is 2.50 bits per heavy atom. The van der Waals surface area contributed by atoms with Crippen molar-refractivity contribution in [3.63, 3.8) is 0 Å². The summed E-state index contributed by atoms with van der Waals surface area (Å²) in [5.74, 6) is 0.624. The number of carboxylic acid groups (broad SMARTS) is 1. The topological polar surface area (TPSA) is 59.0 Å². The number of benzene rings is 1. The Balaban J connectivity index is 2.25. The molecule has 0 radical (unpaired) electrons. The molecule has 20 heavy (non-hydrogen) atoms. The van der Waals surface area contributed by atoms with Crippen LogP contribution in [0.1, 0.15) is 32.4 Å². The molecule has 1 aliphatic rings. The number of likely N-dealkylation sites (N-methyl/N-ethyl adjacent to an activating group) is 1. The van der Waals surface area contributed by atoms with Crippen LogP contribution in [-0.2, 0) is 4.79 Å². The van der Waals surface area contributed by atoms with Crippen molar-refractivity contribution in [2.75, 3.05) is 20.3 Å². The summed E-state index contributed by atoms with van der Waals surface area (Å²) in [4.78, 5) is 13.2. The predicted octanol–water partition coefficient (Wildman–Crippen LogP) is 2.31. The van der Waals surface area contributed by atoms with Crippen molar-refractivity contribution in [3.8, 4) is 11.5 Å². The van der Waals surface area contributed by atoms with Crippen LogP contribution in [0.4, 0.5) is 0 Å². The van der Waals surface area contributed by atoms with Gasteiger partial charge < -0.3 is 14.6 Å². The largest absolute Gasteiger partial charge is 0.486 e. The zero-order valence-corrected chi connectivity index (χ0v) is 12.3. The maximum atomic E-state index is 11.3. The molecule has 5 heteroatoms. The molecule has 0 saturated heterocycles. The summed E-state index contributed by atoms with van der Waals surface area (Å²) in [5, 5.41) is 9.31. The van der Waals surface area contributed by atoms with E-state index in [4.69, 9.17) is 9.47 Å². The van der Waals surface area contributed by atoms with E-state index in [1.807, 2.05) is 37.1 Å². The number of hydrogen-bond acceptors (Lipinski definition) is 4. The summed E-state index contributed by atoms with van der Waals surface area (Å²) in [6.45, 7) is 6.49. The second kappa shape index (κ2) is 5.32. The van der Waals surface area contributed by atoms with Crippen LogP contribution in [0.5, 0.6) is 11.5 Å². The molecule has 5 nitrogen and oxygen atoms in total. The minimum atomic E-state index is -0.938. The van der Waals surface area contributed by atoms with E-state index in [0.29, 0.717) is 13.2 Å². The van der Waals surface area contributed by atoms with E-state index < -0.39 is 11.5 Å². The van der Waals surface area contributed by atoms with Gasteiger partial charge in [-0.2, -0.15) is 0 Å². The van der Waals surface area contributed by atoms with E-state index in [9.17, 15) is 9.90 Å². The number of nitrogens with zero attached hydrogens (tertiary/aromatic N) is 1. The van der Waals surface area contributed by atoms with Gasteiger partial charge in [-0.25, -0.2) is 0 Å². The second-order valence-corrected chi connectivity index (χ2v) is 5.55. The molecule has 0 saturated carbocycles. The summed E-state index contributed by atoms with van der Waals surface area (Å²) >= 11 is 0. The summed E-state index contributed by atoms with van der Waals surface area (Å²) in [6, 6.07) is 5.71. The van der Waals surface area contributed by atoms with Crippen molar-refractivity contribution >= 4 is 5.97 Å². The van der Waals surface area contributed by atoms with E-state index >= 15 is 0 Å². The lowest BCUT2D eigenvalue weighted by molar-refractivity contribution is -0.149. The third-order valence-corrected chi connectivity index (χ3v) is 4.03. The monoisotopic (exact) mass is 279 g/mol. The van der Waals surface area contributed by atoms with Crippen LogP contribution in [0, 0.1) is 0 Å². The van der Waals surface area contributed by atoms with Gasteiger partial charge >= 0.3 is 5.97 Å². The first-order chi connectivity index (χ1) is 9.34. The molecule has 1 N–H and O–H groups in total. The lowest BCUT2D eigenvalue weighted by Crippen LogP contribution is -2.48. The number of aliphatic carboxylic acids is 1. The van der Waals surface area contributed by atoms with Gasteiger partial charge in [0.15, 0.2) is 11.5 Å². The first kappa shape index (κ1) is 14.7. The first-order valence-corrected chi connectivity index (χ1v) is 6.70. The van der Waals surface area contributed by atoms with E-state index in [2.05, 4.69) is 0 Å². The highest BCUT2D eigenvalue weighted by Crippen LogP contribution is 2.35. The highest BCUT2D eigenvalue weighted by atomic mass is 16.6. The Kier molecular flexibility index (Phi) is 3.90. The fourth-order valence-electron chi connectivity index (χ4n) is 2.18. The van der Waals surface area contributed by atoms with Gasteiger partial charge in [-0.3, -0.25) is 9.69 Å². The average molecular weight is 279 g/mol. The zero-order chi connectivity index (χ0) is 14.9. The molecule has 1 atom stereocenters. The van der Waals surface area contributed by atoms with Gasteiger partial charge in [-0.1, -0.05) is 6.07 Å². The number of carboxylic acids is 1. The summed E-state index contributed by atoms with van der Waals surface area (Å²) in [6.07, 6.45) is 0. The fraction of sp³-hybridized carbons (Fsp3) is 0.533. The van der Waals surface area contributed by atoms with E-state index in [0.717, 1.165) is 17.1 Å². The SMILES string of the molecule is CC(c1ccc2c(c1)OCCO2)N(C)C(C)(C)C(=O)O. The minimum Gasteiger partial charge on any atom is -0.486 e. The van der Waals surface area contributed by atoms with Crippen molar-refractivity contribution in [3.05, 3.63) is 23.8 Å². The first-order valence-electron chi connectivity index (χ1n) is 6.70. The van der Waals surface area contributed by atoms with Crippen LogP contribution in [-0.4, -0.2) is 41.8 Å². The number of hydrogen-bond donors (Lipinski definition) is 1. The third-order valence-electron chi connectivity index (χ3n) is 4.03. The molecule has 0 fully saturated rings. The fourth-order valence-corrected chi connectivity index (χ4v) is 2.18. The Bertz CT molecular complexity index is 513. The Morgan fingerprint density at radius 1 is 1.30 bits per heavy atom.